The van der Waals surface area contributed by atoms with E-state index < -0.39 is 0 Å². The second-order valence-corrected chi connectivity index (χ2v) is 3.10. The topological polar surface area (TPSA) is 17.8 Å². The summed E-state index contributed by atoms with van der Waals surface area (Å²) in [6.45, 7) is 4.24. The lowest BCUT2D eigenvalue weighted by Crippen LogP contribution is -1.97. The minimum absolute atomic E-state index is 0.584. The summed E-state index contributed by atoms with van der Waals surface area (Å²) in [5.41, 5.74) is 3.63. The van der Waals surface area contributed by atoms with Crippen LogP contribution < -0.4 is 0 Å². The molecule has 0 saturated carbocycles. The van der Waals surface area contributed by atoms with Crippen molar-refractivity contribution in [2.45, 2.75) is 32.6 Å². The van der Waals surface area contributed by atoms with Gasteiger partial charge in [-0.1, -0.05) is 13.8 Å². The van der Waals surface area contributed by atoms with Crippen molar-refractivity contribution in [2.24, 2.45) is 7.05 Å². The summed E-state index contributed by atoms with van der Waals surface area (Å²) in [4.78, 5) is 0. The van der Waals surface area contributed by atoms with Gasteiger partial charge in [0.2, 0.25) is 0 Å². The van der Waals surface area contributed by atoms with E-state index in [1.807, 2.05) is 11.7 Å². The van der Waals surface area contributed by atoms with Crippen LogP contribution >= 0.6 is 11.6 Å². The summed E-state index contributed by atoms with van der Waals surface area (Å²) < 4.78 is 1.94. The molecule has 2 nitrogen and oxygen atoms in total. The van der Waals surface area contributed by atoms with Crippen molar-refractivity contribution < 1.29 is 0 Å². The maximum absolute atomic E-state index is 5.85. The molecule has 0 aliphatic rings. The van der Waals surface area contributed by atoms with Gasteiger partial charge in [-0.25, -0.2) is 0 Å². The zero-order chi connectivity index (χ0) is 9.14. The maximum Gasteiger partial charge on any atom is 0.0668 e. The number of halogens is 1. The fourth-order valence-electron chi connectivity index (χ4n) is 1.54. The van der Waals surface area contributed by atoms with Crippen LogP contribution in [0.4, 0.5) is 0 Å². The Bertz CT molecular complexity index is 266. The summed E-state index contributed by atoms with van der Waals surface area (Å²) >= 11 is 5.85. The van der Waals surface area contributed by atoms with E-state index in [0.29, 0.717) is 5.88 Å². The van der Waals surface area contributed by atoms with Crippen LogP contribution in [0.25, 0.3) is 0 Å². The second-order valence-electron chi connectivity index (χ2n) is 2.84. The van der Waals surface area contributed by atoms with Gasteiger partial charge in [0, 0.05) is 18.3 Å². The Morgan fingerprint density at radius 3 is 2.42 bits per heavy atom. The zero-order valence-corrected chi connectivity index (χ0v) is 8.65. The number of alkyl halides is 1. The lowest BCUT2D eigenvalue weighted by molar-refractivity contribution is 0.704. The Labute approximate surface area is 78.5 Å². The summed E-state index contributed by atoms with van der Waals surface area (Å²) in [6, 6.07) is 0. The van der Waals surface area contributed by atoms with Gasteiger partial charge < -0.3 is 0 Å². The minimum Gasteiger partial charge on any atom is -0.272 e. The van der Waals surface area contributed by atoms with Gasteiger partial charge in [-0.15, -0.1) is 11.6 Å². The summed E-state index contributed by atoms with van der Waals surface area (Å²) in [7, 11) is 1.98. The van der Waals surface area contributed by atoms with Crippen LogP contribution in [0.1, 0.15) is 30.8 Å². The van der Waals surface area contributed by atoms with Crippen molar-refractivity contribution >= 4 is 11.6 Å². The molecule has 68 valence electrons. The van der Waals surface area contributed by atoms with Gasteiger partial charge in [0.1, 0.15) is 0 Å². The molecule has 12 heavy (non-hydrogen) atoms. The monoisotopic (exact) mass is 186 g/mol. The van der Waals surface area contributed by atoms with E-state index in [4.69, 9.17) is 11.6 Å². The van der Waals surface area contributed by atoms with Crippen molar-refractivity contribution in [1.29, 1.82) is 0 Å². The molecule has 0 fully saturated rings. The van der Waals surface area contributed by atoms with E-state index in [9.17, 15) is 0 Å². The largest absolute Gasteiger partial charge is 0.272 e. The number of hydrogen-bond donors (Lipinski definition) is 0. The Kier molecular flexibility index (Phi) is 3.15. The van der Waals surface area contributed by atoms with Crippen molar-refractivity contribution in [3.8, 4) is 0 Å². The number of aromatic nitrogens is 2. The van der Waals surface area contributed by atoms with E-state index in [1.165, 1.54) is 11.3 Å². The predicted octanol–water partition coefficient (Wildman–Crippen LogP) is 2.28. The third kappa shape index (κ3) is 1.48. The van der Waals surface area contributed by atoms with Crippen LogP contribution in [-0.4, -0.2) is 9.78 Å². The molecule has 0 unspecified atom stereocenters. The first kappa shape index (κ1) is 9.59. The average molecular weight is 187 g/mol. The number of hydrogen-bond acceptors (Lipinski definition) is 1. The smallest absolute Gasteiger partial charge is 0.0668 e. The maximum atomic E-state index is 5.85. The van der Waals surface area contributed by atoms with E-state index in [0.717, 1.165) is 18.5 Å². The molecule has 0 bridgehead atoms. The predicted molar refractivity (Wildman–Crippen MR) is 51.5 cm³/mol. The Balaban J connectivity index is 3.16. The van der Waals surface area contributed by atoms with E-state index in [2.05, 4.69) is 18.9 Å². The molecule has 1 aromatic rings. The molecule has 0 saturated heterocycles. The second kappa shape index (κ2) is 3.94. The van der Waals surface area contributed by atoms with Crippen LogP contribution in [-0.2, 0) is 25.8 Å². The SMILES string of the molecule is CCc1nn(C)c(CC)c1CCl. The molecule has 0 aliphatic carbocycles. The summed E-state index contributed by atoms with van der Waals surface area (Å²) in [5.74, 6) is 0.584. The van der Waals surface area contributed by atoms with Gasteiger partial charge in [-0.2, -0.15) is 5.10 Å². The Morgan fingerprint density at radius 2 is 2.00 bits per heavy atom. The van der Waals surface area contributed by atoms with Crippen molar-refractivity contribution in [3.05, 3.63) is 17.0 Å². The highest BCUT2D eigenvalue weighted by Crippen LogP contribution is 2.17. The van der Waals surface area contributed by atoms with E-state index in [1.54, 1.807) is 0 Å². The number of nitrogens with zero attached hydrogens (tertiary/aromatic N) is 2. The molecule has 0 aliphatic heterocycles. The van der Waals surface area contributed by atoms with Crippen molar-refractivity contribution in [1.82, 2.24) is 9.78 Å². The standard InChI is InChI=1S/C9H15ClN2/c1-4-8-7(6-10)9(5-2)12(3)11-8/h4-6H2,1-3H3. The van der Waals surface area contributed by atoms with Crippen LogP contribution in [0.15, 0.2) is 0 Å². The van der Waals surface area contributed by atoms with Crippen LogP contribution in [0.5, 0.6) is 0 Å². The molecule has 0 spiro atoms. The van der Waals surface area contributed by atoms with E-state index in [-0.39, 0.29) is 0 Å². The van der Waals surface area contributed by atoms with Crippen LogP contribution in [0.2, 0.25) is 0 Å². The molecule has 1 heterocycles. The molecule has 0 aromatic carbocycles. The third-order valence-corrected chi connectivity index (χ3v) is 2.43. The minimum atomic E-state index is 0.584. The van der Waals surface area contributed by atoms with Gasteiger partial charge >= 0.3 is 0 Å². The number of rotatable bonds is 3. The molecule has 0 radical (unpaired) electrons. The molecule has 1 rings (SSSR count). The van der Waals surface area contributed by atoms with Gasteiger partial charge in [-0.3, -0.25) is 4.68 Å². The molecule has 0 atom stereocenters. The lowest BCUT2D eigenvalue weighted by Gasteiger charge is -1.99. The Morgan fingerprint density at radius 1 is 1.33 bits per heavy atom. The fourth-order valence-corrected chi connectivity index (χ4v) is 1.85. The first-order valence-corrected chi connectivity index (χ1v) is 4.87. The molecule has 0 amide bonds. The van der Waals surface area contributed by atoms with Gasteiger partial charge in [0.15, 0.2) is 0 Å². The normalized spacial score (nSPS) is 10.7. The third-order valence-electron chi connectivity index (χ3n) is 2.16. The molecule has 3 heteroatoms. The van der Waals surface area contributed by atoms with Crippen LogP contribution in [0, 0.1) is 0 Å². The first-order valence-electron chi connectivity index (χ1n) is 4.34. The van der Waals surface area contributed by atoms with Gasteiger partial charge in [-0.05, 0) is 12.8 Å². The first-order chi connectivity index (χ1) is 5.74. The van der Waals surface area contributed by atoms with Gasteiger partial charge in [0.25, 0.3) is 0 Å². The number of aryl methyl sites for hydroxylation is 2. The zero-order valence-electron chi connectivity index (χ0n) is 7.89. The van der Waals surface area contributed by atoms with Crippen molar-refractivity contribution in [3.63, 3.8) is 0 Å². The highest BCUT2D eigenvalue weighted by atomic mass is 35.5. The van der Waals surface area contributed by atoms with Crippen molar-refractivity contribution in [2.75, 3.05) is 0 Å². The summed E-state index contributed by atoms with van der Waals surface area (Å²) in [5, 5.41) is 4.40. The summed E-state index contributed by atoms with van der Waals surface area (Å²) in [6.07, 6.45) is 1.97. The average Bonchev–Trinajstić information content (AvgIpc) is 2.40. The lowest BCUT2D eigenvalue weighted by atomic mass is 10.1. The quantitative estimate of drug-likeness (QED) is 0.663. The molecule has 0 N–H and O–H groups in total. The fraction of sp³-hybridized carbons (Fsp3) is 0.667. The Hall–Kier alpha value is -0.500. The molecular weight excluding hydrogens is 172 g/mol. The highest BCUT2D eigenvalue weighted by molar-refractivity contribution is 6.17. The van der Waals surface area contributed by atoms with E-state index >= 15 is 0 Å². The van der Waals surface area contributed by atoms with Gasteiger partial charge in [0.05, 0.1) is 11.6 Å². The highest BCUT2D eigenvalue weighted by Gasteiger charge is 2.11. The molecule has 1 aromatic heterocycles. The molecular formula is C9H15ClN2. The van der Waals surface area contributed by atoms with Crippen LogP contribution in [0.3, 0.4) is 0 Å².